The molecule has 1 aromatic heterocycles. The fraction of sp³-hybridized carbons (Fsp3) is 0.353. The Morgan fingerprint density at radius 2 is 1.76 bits per heavy atom. The number of carboxylic acid groups (broad SMARTS) is 1. The largest absolute Gasteiger partial charge is 0.481 e. The molecule has 1 fully saturated rings. The molecule has 1 heterocycles. The lowest BCUT2D eigenvalue weighted by Gasteiger charge is -2.26. The van der Waals surface area contributed by atoms with E-state index in [0.29, 0.717) is 31.4 Å². The number of carboxylic acids is 1. The number of aliphatic carboxylic acids is 1. The summed E-state index contributed by atoms with van der Waals surface area (Å²) in [5, 5.41) is 13.7. The molecular formula is C17H19BrN4O3. The van der Waals surface area contributed by atoms with Crippen LogP contribution < -0.4 is 11.5 Å². The Balaban J connectivity index is 1.96. The number of carbonyl (C=O) groups excluding carboxylic acids is 1. The van der Waals surface area contributed by atoms with Crippen LogP contribution >= 0.6 is 15.9 Å². The van der Waals surface area contributed by atoms with Gasteiger partial charge in [-0.25, -0.2) is 4.68 Å². The van der Waals surface area contributed by atoms with Gasteiger partial charge in [-0.1, -0.05) is 28.1 Å². The van der Waals surface area contributed by atoms with Crippen molar-refractivity contribution in [2.45, 2.75) is 31.7 Å². The monoisotopic (exact) mass is 406 g/mol. The maximum absolute atomic E-state index is 11.9. The van der Waals surface area contributed by atoms with E-state index in [1.165, 1.54) is 0 Å². The smallest absolute Gasteiger partial charge is 0.306 e. The minimum Gasteiger partial charge on any atom is -0.481 e. The van der Waals surface area contributed by atoms with Crippen LogP contribution in [0.3, 0.4) is 0 Å². The molecule has 3 rings (SSSR count). The van der Waals surface area contributed by atoms with Gasteiger partial charge in [0.25, 0.3) is 5.91 Å². The van der Waals surface area contributed by atoms with E-state index in [1.807, 2.05) is 24.3 Å². The molecule has 8 heteroatoms. The molecule has 0 saturated heterocycles. The predicted octanol–water partition coefficient (Wildman–Crippen LogP) is 2.81. The van der Waals surface area contributed by atoms with Gasteiger partial charge in [0.2, 0.25) is 0 Å². The Morgan fingerprint density at radius 1 is 1.16 bits per heavy atom. The quantitative estimate of drug-likeness (QED) is 0.719. The first kappa shape index (κ1) is 17.5. The molecular weight excluding hydrogens is 388 g/mol. The van der Waals surface area contributed by atoms with Crippen molar-refractivity contribution in [1.82, 2.24) is 9.78 Å². The van der Waals surface area contributed by atoms with Crippen molar-refractivity contribution < 1.29 is 14.7 Å². The first-order valence-electron chi connectivity index (χ1n) is 8.05. The number of nitrogens with zero attached hydrogens (tertiary/aromatic N) is 2. The highest BCUT2D eigenvalue weighted by Crippen LogP contribution is 2.36. The molecule has 1 saturated carbocycles. The molecule has 1 aliphatic rings. The number of primary amides is 1. The molecule has 7 nitrogen and oxygen atoms in total. The minimum absolute atomic E-state index is 0.0297. The van der Waals surface area contributed by atoms with Crippen LogP contribution in [0.4, 0.5) is 5.82 Å². The van der Waals surface area contributed by atoms with E-state index >= 15 is 0 Å². The first-order chi connectivity index (χ1) is 11.9. The van der Waals surface area contributed by atoms with Gasteiger partial charge in [0, 0.05) is 10.0 Å². The van der Waals surface area contributed by atoms with Crippen LogP contribution in [0.1, 0.15) is 42.1 Å². The number of anilines is 1. The van der Waals surface area contributed by atoms with Crippen LogP contribution in [-0.4, -0.2) is 26.8 Å². The summed E-state index contributed by atoms with van der Waals surface area (Å²) in [4.78, 5) is 23.0. The van der Waals surface area contributed by atoms with Crippen LogP contribution in [-0.2, 0) is 4.79 Å². The zero-order chi connectivity index (χ0) is 18.1. The molecule has 1 aromatic carbocycles. The number of halogens is 1. The molecule has 1 amide bonds. The highest BCUT2D eigenvalue weighted by Gasteiger charge is 2.30. The zero-order valence-electron chi connectivity index (χ0n) is 13.5. The van der Waals surface area contributed by atoms with Crippen LogP contribution in [0, 0.1) is 5.92 Å². The molecule has 1 aliphatic carbocycles. The van der Waals surface area contributed by atoms with Gasteiger partial charge in [0.05, 0.1) is 12.0 Å². The zero-order valence-corrected chi connectivity index (χ0v) is 15.1. The second-order valence-corrected chi connectivity index (χ2v) is 7.18. The van der Waals surface area contributed by atoms with E-state index in [4.69, 9.17) is 16.6 Å². The highest BCUT2D eigenvalue weighted by molar-refractivity contribution is 9.10. The summed E-state index contributed by atoms with van der Waals surface area (Å²) in [5.41, 5.74) is 13.1. The van der Waals surface area contributed by atoms with Gasteiger partial charge in [-0.2, -0.15) is 5.10 Å². The van der Waals surface area contributed by atoms with Crippen LogP contribution in [0.25, 0.3) is 11.3 Å². The third-order valence-electron chi connectivity index (χ3n) is 4.70. The number of benzene rings is 1. The molecule has 0 radical (unpaired) electrons. The topological polar surface area (TPSA) is 124 Å². The first-order valence-corrected chi connectivity index (χ1v) is 8.84. The number of rotatable bonds is 4. The molecule has 0 atom stereocenters. The van der Waals surface area contributed by atoms with Crippen molar-refractivity contribution >= 4 is 33.6 Å². The lowest BCUT2D eigenvalue weighted by atomic mass is 9.86. The summed E-state index contributed by atoms with van der Waals surface area (Å²) < 4.78 is 2.55. The van der Waals surface area contributed by atoms with E-state index in [0.717, 1.165) is 10.0 Å². The highest BCUT2D eigenvalue weighted by atomic mass is 79.9. The van der Waals surface area contributed by atoms with Crippen molar-refractivity contribution in [3.8, 4) is 11.3 Å². The SMILES string of the molecule is NC(=O)c1c(-c2ccc(Br)cc2)nn(C2CCC(C(=O)O)CC2)c1N. The lowest BCUT2D eigenvalue weighted by molar-refractivity contribution is -0.143. The molecule has 5 N–H and O–H groups in total. The second-order valence-electron chi connectivity index (χ2n) is 6.27. The van der Waals surface area contributed by atoms with E-state index in [-0.39, 0.29) is 23.3 Å². The second kappa shape index (κ2) is 6.87. The van der Waals surface area contributed by atoms with Crippen LogP contribution in [0.15, 0.2) is 28.7 Å². The third kappa shape index (κ3) is 3.39. The third-order valence-corrected chi connectivity index (χ3v) is 5.23. The van der Waals surface area contributed by atoms with Gasteiger partial charge >= 0.3 is 5.97 Å². The fourth-order valence-electron chi connectivity index (χ4n) is 3.35. The van der Waals surface area contributed by atoms with E-state index in [2.05, 4.69) is 21.0 Å². The number of hydrogen-bond donors (Lipinski definition) is 3. The van der Waals surface area contributed by atoms with Gasteiger partial charge in [-0.05, 0) is 37.8 Å². The standard InChI is InChI=1S/C17H19BrN4O3/c18-11-5-1-9(2-6-11)14-13(16(20)23)15(19)22(21-14)12-7-3-10(4-8-12)17(24)25/h1-2,5-6,10,12H,3-4,7-8,19H2,(H2,20,23)(H,24,25). The van der Waals surface area contributed by atoms with E-state index < -0.39 is 11.9 Å². The summed E-state index contributed by atoms with van der Waals surface area (Å²) in [6.07, 6.45) is 2.44. The Morgan fingerprint density at radius 3 is 2.28 bits per heavy atom. The lowest BCUT2D eigenvalue weighted by Crippen LogP contribution is -2.25. The molecule has 0 unspecified atom stereocenters. The van der Waals surface area contributed by atoms with Gasteiger partial charge in [-0.15, -0.1) is 0 Å². The fourth-order valence-corrected chi connectivity index (χ4v) is 3.61. The van der Waals surface area contributed by atoms with Gasteiger partial charge in [0.1, 0.15) is 17.1 Å². The summed E-state index contributed by atoms with van der Waals surface area (Å²) in [6, 6.07) is 7.35. The Kier molecular flexibility index (Phi) is 4.80. The number of nitrogen functional groups attached to an aromatic ring is 1. The number of amides is 1. The van der Waals surface area contributed by atoms with E-state index in [9.17, 15) is 9.59 Å². The van der Waals surface area contributed by atoms with Crippen LogP contribution in [0.5, 0.6) is 0 Å². The summed E-state index contributed by atoms with van der Waals surface area (Å²) >= 11 is 3.38. The molecule has 2 aromatic rings. The van der Waals surface area contributed by atoms with Gasteiger partial charge < -0.3 is 16.6 Å². The van der Waals surface area contributed by atoms with Gasteiger partial charge in [-0.3, -0.25) is 9.59 Å². The van der Waals surface area contributed by atoms with E-state index in [1.54, 1.807) is 4.68 Å². The molecule has 132 valence electrons. The summed E-state index contributed by atoms with van der Waals surface area (Å²) in [7, 11) is 0. The van der Waals surface area contributed by atoms with Gasteiger partial charge in [0.15, 0.2) is 0 Å². The number of hydrogen-bond acceptors (Lipinski definition) is 4. The molecule has 25 heavy (non-hydrogen) atoms. The molecule has 0 bridgehead atoms. The average Bonchev–Trinajstić information content (AvgIpc) is 2.93. The predicted molar refractivity (Wildman–Crippen MR) is 96.9 cm³/mol. The Labute approximate surface area is 153 Å². The average molecular weight is 407 g/mol. The molecule has 0 aliphatic heterocycles. The van der Waals surface area contributed by atoms with Crippen molar-refractivity contribution in [2.75, 3.05) is 5.73 Å². The number of carbonyl (C=O) groups is 2. The summed E-state index contributed by atoms with van der Waals surface area (Å²) in [6.45, 7) is 0. The van der Waals surface area contributed by atoms with Crippen LogP contribution in [0.2, 0.25) is 0 Å². The summed E-state index contributed by atoms with van der Waals surface area (Å²) in [5.74, 6) is -1.47. The van der Waals surface area contributed by atoms with Crippen molar-refractivity contribution in [2.24, 2.45) is 11.7 Å². The Bertz CT molecular complexity index is 808. The van der Waals surface area contributed by atoms with Crippen molar-refractivity contribution in [1.29, 1.82) is 0 Å². The number of nitrogens with two attached hydrogens (primary N) is 2. The maximum atomic E-state index is 11.9. The molecule has 0 spiro atoms. The number of aromatic nitrogens is 2. The Hall–Kier alpha value is -2.35. The normalized spacial score (nSPS) is 20.4. The van der Waals surface area contributed by atoms with Crippen molar-refractivity contribution in [3.05, 3.63) is 34.3 Å². The minimum atomic E-state index is -0.764. The van der Waals surface area contributed by atoms with Crippen molar-refractivity contribution in [3.63, 3.8) is 0 Å². The maximum Gasteiger partial charge on any atom is 0.306 e.